The van der Waals surface area contributed by atoms with Gasteiger partial charge in [-0.25, -0.2) is 0 Å². The van der Waals surface area contributed by atoms with E-state index < -0.39 is 35.7 Å². The van der Waals surface area contributed by atoms with Crippen molar-refractivity contribution in [2.75, 3.05) is 13.2 Å². The molecule has 0 aromatic carbocycles. The van der Waals surface area contributed by atoms with Gasteiger partial charge >= 0.3 is 11.9 Å². The highest BCUT2D eigenvalue weighted by molar-refractivity contribution is 5.93. The molecule has 0 aliphatic heterocycles. The number of ether oxygens (including phenoxy) is 2. The number of hydrogen-bond donors (Lipinski definition) is 2. The molecule has 0 fully saturated rings. The summed E-state index contributed by atoms with van der Waals surface area (Å²) >= 11 is 0. The second-order valence-corrected chi connectivity index (χ2v) is 4.76. The van der Waals surface area contributed by atoms with Crippen LogP contribution in [0.15, 0.2) is 25.3 Å². The van der Waals surface area contributed by atoms with Gasteiger partial charge in [-0.05, 0) is 12.2 Å². The number of hydrogen-bond acceptors (Lipinski definition) is 8. The van der Waals surface area contributed by atoms with Crippen LogP contribution in [0, 0.1) is 0 Å². The Hall–Kier alpha value is -2.32. The van der Waals surface area contributed by atoms with Crippen molar-refractivity contribution in [2.24, 2.45) is 0 Å². The molecule has 2 unspecified atom stereocenters. The second-order valence-electron chi connectivity index (χ2n) is 4.76. The smallest absolute Gasteiger partial charge is 0.306 e. The molecule has 0 aliphatic carbocycles. The van der Waals surface area contributed by atoms with Gasteiger partial charge in [0.2, 0.25) is 0 Å². The third kappa shape index (κ3) is 9.65. The molecule has 8 heteroatoms. The summed E-state index contributed by atoms with van der Waals surface area (Å²) in [5, 5.41) is 18.6. The third-order valence-electron chi connectivity index (χ3n) is 2.90. The Bertz CT molecular complexity index is 438. The minimum absolute atomic E-state index is 0.0593. The molecule has 24 heavy (non-hydrogen) atoms. The first-order valence-corrected chi connectivity index (χ1v) is 7.31. The first kappa shape index (κ1) is 21.7. The quantitative estimate of drug-likeness (QED) is 0.350. The topological polar surface area (TPSA) is 127 Å². The lowest BCUT2D eigenvalue weighted by molar-refractivity contribution is -0.151. The van der Waals surface area contributed by atoms with Gasteiger partial charge in [-0.2, -0.15) is 0 Å². The van der Waals surface area contributed by atoms with Crippen LogP contribution >= 0.6 is 0 Å². The molecule has 0 aromatic rings. The van der Waals surface area contributed by atoms with Crippen LogP contribution in [0.1, 0.15) is 25.7 Å². The number of carbonyl (C=O) groups is 4. The minimum Gasteiger partial charge on any atom is -0.466 e. The fourth-order valence-electron chi connectivity index (χ4n) is 1.47. The number of carbonyl (C=O) groups excluding carboxylic acids is 4. The highest BCUT2D eigenvalue weighted by atomic mass is 16.5. The van der Waals surface area contributed by atoms with Crippen molar-refractivity contribution >= 4 is 23.5 Å². The molecule has 0 aliphatic rings. The molecular formula is C16H22O8. The van der Waals surface area contributed by atoms with Gasteiger partial charge in [-0.3, -0.25) is 19.2 Å². The predicted octanol–water partition coefficient (Wildman–Crippen LogP) is -0.135. The van der Waals surface area contributed by atoms with Gasteiger partial charge in [0.25, 0.3) is 0 Å². The van der Waals surface area contributed by atoms with Crippen molar-refractivity contribution in [2.45, 2.75) is 37.9 Å². The zero-order valence-electron chi connectivity index (χ0n) is 13.3. The van der Waals surface area contributed by atoms with Gasteiger partial charge in [0.1, 0.15) is 12.2 Å². The highest BCUT2D eigenvalue weighted by Gasteiger charge is 2.15. The lowest BCUT2D eigenvalue weighted by atomic mass is 10.2. The van der Waals surface area contributed by atoms with Gasteiger partial charge in [-0.15, -0.1) is 0 Å². The SMILES string of the molecule is C=CC(=O)C(O)CCOC(=O)CCC(=O)OCCC(O)C(=O)C=C. The van der Waals surface area contributed by atoms with E-state index in [0.717, 1.165) is 12.2 Å². The maximum Gasteiger partial charge on any atom is 0.306 e. The Kier molecular flexibility index (Phi) is 11.0. The Balaban J connectivity index is 3.80. The summed E-state index contributed by atoms with van der Waals surface area (Å²) in [6, 6.07) is 0. The number of rotatable bonds is 13. The van der Waals surface area contributed by atoms with Gasteiger partial charge < -0.3 is 19.7 Å². The van der Waals surface area contributed by atoms with Gasteiger partial charge in [0.15, 0.2) is 11.6 Å². The van der Waals surface area contributed by atoms with Gasteiger partial charge in [-0.1, -0.05) is 13.2 Å². The molecule has 0 radical (unpaired) electrons. The van der Waals surface area contributed by atoms with Gasteiger partial charge in [0, 0.05) is 12.8 Å². The second kappa shape index (κ2) is 12.1. The standard InChI is InChI=1S/C16H22O8/c1-3-11(17)13(19)7-9-23-15(21)5-6-16(22)24-10-8-14(20)12(18)4-2/h3-4,13-14,19-20H,1-2,5-10H2. The molecule has 0 saturated heterocycles. The van der Waals surface area contributed by atoms with Crippen molar-refractivity contribution in [3.63, 3.8) is 0 Å². The van der Waals surface area contributed by atoms with Crippen molar-refractivity contribution < 1.29 is 38.9 Å². The molecule has 0 saturated carbocycles. The van der Waals surface area contributed by atoms with Crippen molar-refractivity contribution in [1.82, 2.24) is 0 Å². The number of esters is 2. The van der Waals surface area contributed by atoms with Gasteiger partial charge in [0.05, 0.1) is 26.1 Å². The molecule has 0 bridgehead atoms. The fraction of sp³-hybridized carbons (Fsp3) is 0.500. The Morgan fingerprint density at radius 2 is 1.12 bits per heavy atom. The van der Waals surface area contributed by atoms with Crippen LogP contribution in [0.2, 0.25) is 0 Å². The predicted molar refractivity (Wildman–Crippen MR) is 82.8 cm³/mol. The molecular weight excluding hydrogens is 320 g/mol. The summed E-state index contributed by atoms with van der Waals surface area (Å²) in [4.78, 5) is 44.7. The Morgan fingerprint density at radius 1 is 0.792 bits per heavy atom. The van der Waals surface area contributed by atoms with E-state index in [-0.39, 0.29) is 38.9 Å². The van der Waals surface area contributed by atoms with Crippen LogP contribution in [-0.2, 0) is 28.7 Å². The molecule has 0 amide bonds. The lowest BCUT2D eigenvalue weighted by Crippen LogP contribution is -2.22. The van der Waals surface area contributed by atoms with E-state index in [1.807, 2.05) is 0 Å². The highest BCUT2D eigenvalue weighted by Crippen LogP contribution is 2.01. The first-order valence-electron chi connectivity index (χ1n) is 7.31. The molecule has 2 atom stereocenters. The summed E-state index contributed by atoms with van der Waals surface area (Å²) in [7, 11) is 0. The summed E-state index contributed by atoms with van der Waals surface area (Å²) in [6.07, 6.45) is -1.16. The van der Waals surface area contributed by atoms with Crippen LogP contribution in [-0.4, -0.2) is 59.1 Å². The summed E-state index contributed by atoms with van der Waals surface area (Å²) < 4.78 is 9.51. The van der Waals surface area contributed by atoms with E-state index in [2.05, 4.69) is 13.2 Å². The third-order valence-corrected chi connectivity index (χ3v) is 2.90. The van der Waals surface area contributed by atoms with Crippen LogP contribution in [0.4, 0.5) is 0 Å². The van der Waals surface area contributed by atoms with Crippen LogP contribution in [0.3, 0.4) is 0 Å². The molecule has 8 nitrogen and oxygen atoms in total. The van der Waals surface area contributed by atoms with Crippen molar-refractivity contribution in [3.05, 3.63) is 25.3 Å². The molecule has 134 valence electrons. The maximum atomic E-state index is 11.4. The lowest BCUT2D eigenvalue weighted by Gasteiger charge is -2.09. The molecule has 0 aromatic heterocycles. The largest absolute Gasteiger partial charge is 0.466 e. The maximum absolute atomic E-state index is 11.4. The average molecular weight is 342 g/mol. The number of ketones is 2. The number of aliphatic hydroxyl groups excluding tert-OH is 2. The van der Waals surface area contributed by atoms with E-state index in [9.17, 15) is 29.4 Å². The zero-order chi connectivity index (χ0) is 18.5. The van der Waals surface area contributed by atoms with Crippen molar-refractivity contribution in [1.29, 1.82) is 0 Å². The van der Waals surface area contributed by atoms with E-state index in [1.54, 1.807) is 0 Å². The van der Waals surface area contributed by atoms with Crippen LogP contribution in [0.25, 0.3) is 0 Å². The molecule has 0 rings (SSSR count). The Labute approximate surface area is 139 Å². The minimum atomic E-state index is -1.27. The molecule has 0 heterocycles. The van der Waals surface area contributed by atoms with E-state index in [1.165, 1.54) is 0 Å². The summed E-state index contributed by atoms with van der Waals surface area (Å²) in [5.74, 6) is -2.47. The van der Waals surface area contributed by atoms with Crippen molar-refractivity contribution in [3.8, 4) is 0 Å². The Morgan fingerprint density at radius 3 is 1.42 bits per heavy atom. The summed E-state index contributed by atoms with van der Waals surface area (Å²) in [5.41, 5.74) is 0. The number of aliphatic hydroxyl groups is 2. The van der Waals surface area contributed by atoms with E-state index in [0.29, 0.717) is 0 Å². The van der Waals surface area contributed by atoms with E-state index >= 15 is 0 Å². The monoisotopic (exact) mass is 342 g/mol. The fourth-order valence-corrected chi connectivity index (χ4v) is 1.47. The summed E-state index contributed by atoms with van der Waals surface area (Å²) in [6.45, 7) is 6.11. The molecule has 0 spiro atoms. The zero-order valence-corrected chi connectivity index (χ0v) is 13.3. The van der Waals surface area contributed by atoms with E-state index in [4.69, 9.17) is 9.47 Å². The van der Waals surface area contributed by atoms with Crippen LogP contribution < -0.4 is 0 Å². The average Bonchev–Trinajstić information content (AvgIpc) is 2.57. The normalized spacial score (nSPS) is 12.6. The first-order chi connectivity index (χ1) is 11.3. The van der Waals surface area contributed by atoms with Crippen LogP contribution in [0.5, 0.6) is 0 Å². The molecule has 2 N–H and O–H groups in total.